The average Bonchev–Trinajstić information content (AvgIpc) is 3.26. The van der Waals surface area contributed by atoms with E-state index in [2.05, 4.69) is 24.3 Å². The van der Waals surface area contributed by atoms with Crippen molar-refractivity contribution in [1.29, 1.82) is 0 Å². The Morgan fingerprint density at radius 3 is 2.38 bits per heavy atom. The van der Waals surface area contributed by atoms with Crippen molar-refractivity contribution in [1.82, 2.24) is 0 Å². The summed E-state index contributed by atoms with van der Waals surface area (Å²) in [5.41, 5.74) is 1.17. The molecule has 2 aliphatic heterocycles. The van der Waals surface area contributed by atoms with Crippen molar-refractivity contribution in [2.75, 3.05) is 18.0 Å². The lowest BCUT2D eigenvalue weighted by Crippen LogP contribution is -2.46. The van der Waals surface area contributed by atoms with Gasteiger partial charge in [0.2, 0.25) is 0 Å². The van der Waals surface area contributed by atoms with Gasteiger partial charge in [0.1, 0.15) is 0 Å². The summed E-state index contributed by atoms with van der Waals surface area (Å²) in [6.07, 6.45) is 5.34. The van der Waals surface area contributed by atoms with Crippen LogP contribution in [-0.4, -0.2) is 31.6 Å². The number of morpholine rings is 1. The van der Waals surface area contributed by atoms with Crippen molar-refractivity contribution in [3.63, 3.8) is 0 Å². The number of carbonyl (C=O) groups excluding carboxylic acids is 1. The van der Waals surface area contributed by atoms with Crippen molar-refractivity contribution in [2.24, 2.45) is 0 Å². The van der Waals surface area contributed by atoms with Crippen LogP contribution in [-0.2, 0) is 4.74 Å². The number of nitrogens with zero attached hydrogens (tertiary/aromatic N) is 1. The average molecular weight is 411 g/mol. The lowest BCUT2D eigenvalue weighted by molar-refractivity contribution is -0.00547. The number of fused-ring (bicyclic) bond motifs is 1. The number of hydrogen-bond donors (Lipinski definition) is 0. The lowest BCUT2D eigenvalue weighted by atomic mass is 10.1. The normalized spacial score (nSPS) is 19.3. The molecule has 3 nitrogen and oxygen atoms in total. The standard InChI is InChI=1S/C15H15F2NO2.C8H4S/c1-4-11-5-12(8-19)15(14(17)13(11)16)18-6-9(2)20-10(3)7-18;1-2-7-6-3-5(1)8(4-6)9-7/h1,5,8-10H,6-7H2,2-3H3;1-4H/t9-,10+;. The third-order valence-corrected chi connectivity index (χ3v) is 6.19. The van der Waals surface area contributed by atoms with Gasteiger partial charge >= 0.3 is 0 Å². The summed E-state index contributed by atoms with van der Waals surface area (Å²) in [4.78, 5) is 14.2. The second-order valence-electron chi connectivity index (χ2n) is 7.28. The molecule has 0 amide bonds. The molecule has 29 heavy (non-hydrogen) atoms. The topological polar surface area (TPSA) is 29.5 Å². The minimum Gasteiger partial charge on any atom is -0.372 e. The molecule has 0 unspecified atom stereocenters. The highest BCUT2D eigenvalue weighted by Gasteiger charge is 2.28. The number of hydrogen-bond acceptors (Lipinski definition) is 4. The van der Waals surface area contributed by atoms with Gasteiger partial charge in [-0.3, -0.25) is 4.79 Å². The highest BCUT2D eigenvalue weighted by Crippen LogP contribution is 2.41. The Labute approximate surface area is 171 Å². The Morgan fingerprint density at radius 1 is 1.17 bits per heavy atom. The Bertz CT molecular complexity index is 1120. The van der Waals surface area contributed by atoms with E-state index in [9.17, 15) is 13.6 Å². The summed E-state index contributed by atoms with van der Waals surface area (Å²) in [7, 11) is 0. The molecule has 6 rings (SSSR count). The summed E-state index contributed by atoms with van der Waals surface area (Å²) in [6.45, 7) is 4.45. The quantitative estimate of drug-likeness (QED) is 0.333. The van der Waals surface area contributed by atoms with Crippen LogP contribution in [0.3, 0.4) is 0 Å². The monoisotopic (exact) mass is 411 g/mol. The van der Waals surface area contributed by atoms with Gasteiger partial charge in [-0.05, 0) is 49.1 Å². The van der Waals surface area contributed by atoms with E-state index in [1.165, 1.54) is 26.6 Å². The molecular weight excluding hydrogens is 392 g/mol. The number of rotatable bonds is 2. The van der Waals surface area contributed by atoms with Crippen molar-refractivity contribution in [3.05, 3.63) is 53.1 Å². The minimum absolute atomic E-state index is 0.0431. The van der Waals surface area contributed by atoms with Crippen LogP contribution in [0.15, 0.2) is 30.3 Å². The molecule has 1 fully saturated rings. The van der Waals surface area contributed by atoms with Gasteiger partial charge < -0.3 is 9.64 Å². The third kappa shape index (κ3) is 3.52. The van der Waals surface area contributed by atoms with Crippen molar-refractivity contribution >= 4 is 33.4 Å². The summed E-state index contributed by atoms with van der Waals surface area (Å²) >= 11 is 1.90. The highest BCUT2D eigenvalue weighted by atomic mass is 32.1. The second kappa shape index (κ2) is 7.58. The highest BCUT2D eigenvalue weighted by molar-refractivity contribution is 7.22. The largest absolute Gasteiger partial charge is 0.372 e. The van der Waals surface area contributed by atoms with E-state index in [4.69, 9.17) is 11.2 Å². The number of anilines is 1. The van der Waals surface area contributed by atoms with E-state index in [-0.39, 0.29) is 29.0 Å². The molecule has 4 bridgehead atoms. The number of carbonyl (C=O) groups is 1. The first-order valence-corrected chi connectivity index (χ1v) is 10.1. The van der Waals surface area contributed by atoms with Gasteiger partial charge in [-0.1, -0.05) is 12.0 Å². The van der Waals surface area contributed by atoms with Crippen LogP contribution in [0, 0.1) is 24.0 Å². The molecule has 3 aromatic rings. The summed E-state index contributed by atoms with van der Waals surface area (Å²) < 4.78 is 35.0. The second-order valence-corrected chi connectivity index (χ2v) is 8.36. The number of benzene rings is 2. The third-order valence-electron chi connectivity index (χ3n) is 5.03. The first kappa shape index (κ1) is 19.6. The molecule has 0 spiro atoms. The fourth-order valence-electron chi connectivity index (χ4n) is 3.85. The lowest BCUT2D eigenvalue weighted by Gasteiger charge is -2.37. The van der Waals surface area contributed by atoms with E-state index in [1.54, 1.807) is 4.90 Å². The van der Waals surface area contributed by atoms with Gasteiger partial charge in [-0.25, -0.2) is 8.78 Å². The van der Waals surface area contributed by atoms with Crippen LogP contribution in [0.1, 0.15) is 29.8 Å². The zero-order chi connectivity index (χ0) is 20.7. The summed E-state index contributed by atoms with van der Waals surface area (Å²) in [6, 6.07) is 10.1. The fraction of sp³-hybridized carbons (Fsp3) is 0.261. The van der Waals surface area contributed by atoms with Crippen molar-refractivity contribution in [2.45, 2.75) is 26.1 Å². The predicted molar refractivity (Wildman–Crippen MR) is 113 cm³/mol. The molecular formula is C23H19F2NO2S. The minimum atomic E-state index is -1.10. The number of terminal acetylenes is 1. The van der Waals surface area contributed by atoms with E-state index in [0.29, 0.717) is 19.4 Å². The Kier molecular flexibility index (Phi) is 5.12. The molecule has 2 atom stereocenters. The maximum absolute atomic E-state index is 14.2. The van der Waals surface area contributed by atoms with Crippen LogP contribution in [0.4, 0.5) is 14.5 Å². The maximum Gasteiger partial charge on any atom is 0.184 e. The van der Waals surface area contributed by atoms with Gasteiger partial charge in [0.05, 0.1) is 23.5 Å². The van der Waals surface area contributed by atoms with Gasteiger partial charge in [0, 0.05) is 28.2 Å². The van der Waals surface area contributed by atoms with E-state index >= 15 is 0 Å². The van der Waals surface area contributed by atoms with Gasteiger partial charge in [-0.2, -0.15) is 0 Å². The van der Waals surface area contributed by atoms with Crippen LogP contribution in [0.2, 0.25) is 0 Å². The van der Waals surface area contributed by atoms with Crippen molar-refractivity contribution < 1.29 is 18.3 Å². The van der Waals surface area contributed by atoms with Crippen molar-refractivity contribution in [3.8, 4) is 22.8 Å². The molecule has 0 N–H and O–H groups in total. The predicted octanol–water partition coefficient (Wildman–Crippen LogP) is 5.25. The molecule has 1 aliphatic carbocycles. The van der Waals surface area contributed by atoms with Gasteiger partial charge in [-0.15, -0.1) is 17.8 Å². The summed E-state index contributed by atoms with van der Waals surface area (Å²) in [5, 5.41) is 1.42. The molecule has 3 aliphatic rings. The van der Waals surface area contributed by atoms with Crippen LogP contribution < -0.4 is 4.90 Å². The Balaban J connectivity index is 0.000000185. The van der Waals surface area contributed by atoms with Gasteiger partial charge in [0.15, 0.2) is 17.9 Å². The molecule has 1 saturated heterocycles. The first-order valence-electron chi connectivity index (χ1n) is 9.29. The van der Waals surface area contributed by atoms with Crippen LogP contribution in [0.25, 0.3) is 20.5 Å². The van der Waals surface area contributed by atoms with E-state index in [1.807, 2.05) is 31.1 Å². The molecule has 0 radical (unpaired) electrons. The molecule has 0 saturated carbocycles. The van der Waals surface area contributed by atoms with Crippen LogP contribution >= 0.6 is 11.3 Å². The SMILES string of the molecule is C#Cc1cc(C=O)c(N2C[C@@H](C)O[C@@H](C)C2)c(F)c1F.c1cc2sc3cc2cc1-3. The van der Waals surface area contributed by atoms with Gasteiger partial charge in [0.25, 0.3) is 0 Å². The molecule has 148 valence electrons. The maximum atomic E-state index is 14.2. The number of thiophene rings is 1. The van der Waals surface area contributed by atoms with Crippen LogP contribution in [0.5, 0.6) is 0 Å². The number of halogens is 2. The zero-order valence-corrected chi connectivity index (χ0v) is 16.9. The smallest absolute Gasteiger partial charge is 0.184 e. The first-order chi connectivity index (χ1) is 13.9. The molecule has 3 heterocycles. The Hall–Kier alpha value is -2.75. The van der Waals surface area contributed by atoms with E-state index < -0.39 is 11.6 Å². The summed E-state index contributed by atoms with van der Waals surface area (Å²) in [5.74, 6) is -0.136. The fourth-order valence-corrected chi connectivity index (χ4v) is 4.89. The molecule has 1 aromatic heterocycles. The van der Waals surface area contributed by atoms with E-state index in [0.717, 1.165) is 0 Å². The molecule has 6 heteroatoms. The zero-order valence-electron chi connectivity index (χ0n) is 16.0. The molecule has 2 aromatic carbocycles. The number of ether oxygens (including phenoxy) is 1. The number of aldehydes is 1. The Morgan fingerprint density at radius 2 is 1.90 bits per heavy atom.